The lowest BCUT2D eigenvalue weighted by Crippen LogP contribution is -2.38. The molecule has 0 radical (unpaired) electrons. The molecule has 0 saturated heterocycles. The number of hydrogen-bond donors (Lipinski definition) is 0. The van der Waals surface area contributed by atoms with Gasteiger partial charge in [-0.3, -0.25) is 9.59 Å². The van der Waals surface area contributed by atoms with Crippen molar-refractivity contribution in [3.8, 4) is 5.75 Å². The van der Waals surface area contributed by atoms with Crippen molar-refractivity contribution in [2.75, 3.05) is 13.2 Å². The van der Waals surface area contributed by atoms with Crippen molar-refractivity contribution in [2.24, 2.45) is 5.41 Å². The molecule has 21 heavy (non-hydrogen) atoms. The van der Waals surface area contributed by atoms with Gasteiger partial charge in [0, 0.05) is 0 Å². The third-order valence-corrected chi connectivity index (χ3v) is 3.70. The number of ether oxygens (including phenoxy) is 2. The predicted octanol–water partition coefficient (Wildman–Crippen LogP) is 3.15. The lowest BCUT2D eigenvalue weighted by molar-refractivity contribution is -0.158. The van der Waals surface area contributed by atoms with Gasteiger partial charge in [0.05, 0.1) is 6.61 Å². The van der Waals surface area contributed by atoms with Crippen LogP contribution in [0.15, 0.2) is 12.1 Å². The molecule has 0 aliphatic rings. The van der Waals surface area contributed by atoms with E-state index >= 15 is 0 Å². The maximum atomic E-state index is 12.2. The molecule has 0 aromatic heterocycles. The largest absolute Gasteiger partial charge is 0.485 e. The summed E-state index contributed by atoms with van der Waals surface area (Å²) < 4.78 is 10.6. The Balaban J connectivity index is 2.82. The summed E-state index contributed by atoms with van der Waals surface area (Å²) in [7, 11) is 0. The number of Topliss-reactive ketones (excluding diaryl/α,β-unsaturated/α-hetero) is 1. The van der Waals surface area contributed by atoms with Crippen molar-refractivity contribution < 1.29 is 19.1 Å². The van der Waals surface area contributed by atoms with Crippen LogP contribution in [0.25, 0.3) is 0 Å². The first kappa shape index (κ1) is 17.2. The van der Waals surface area contributed by atoms with Gasteiger partial charge in [0.2, 0.25) is 0 Å². The first-order chi connectivity index (χ1) is 9.71. The summed E-state index contributed by atoms with van der Waals surface area (Å²) in [5.74, 6) is -0.0967. The Bertz CT molecular complexity index is 544. The highest BCUT2D eigenvalue weighted by molar-refractivity contribution is 6.03. The van der Waals surface area contributed by atoms with Crippen molar-refractivity contribution in [3.63, 3.8) is 0 Å². The second kappa shape index (κ2) is 6.74. The second-order valence-corrected chi connectivity index (χ2v) is 5.71. The molecule has 0 heterocycles. The van der Waals surface area contributed by atoms with Crippen molar-refractivity contribution >= 4 is 11.8 Å². The monoisotopic (exact) mass is 292 g/mol. The molecule has 0 amide bonds. The zero-order chi connectivity index (χ0) is 16.2. The summed E-state index contributed by atoms with van der Waals surface area (Å²) in [4.78, 5) is 24.0. The minimum atomic E-state index is -1.19. The van der Waals surface area contributed by atoms with Gasteiger partial charge in [-0.1, -0.05) is 12.1 Å². The number of ketones is 1. The van der Waals surface area contributed by atoms with Gasteiger partial charge in [-0.05, 0) is 58.2 Å². The first-order valence-corrected chi connectivity index (χ1v) is 7.12. The molecular weight excluding hydrogens is 268 g/mol. The van der Waals surface area contributed by atoms with Gasteiger partial charge in [0.1, 0.15) is 17.8 Å². The van der Waals surface area contributed by atoms with Gasteiger partial charge in [-0.2, -0.15) is 0 Å². The van der Waals surface area contributed by atoms with E-state index in [4.69, 9.17) is 9.47 Å². The predicted molar refractivity (Wildman–Crippen MR) is 81.6 cm³/mol. The first-order valence-electron chi connectivity index (χ1n) is 7.12. The summed E-state index contributed by atoms with van der Waals surface area (Å²) in [5.41, 5.74) is 1.89. The number of carbonyl (C=O) groups is 2. The van der Waals surface area contributed by atoms with E-state index in [-0.39, 0.29) is 19.0 Å². The van der Waals surface area contributed by atoms with E-state index in [1.165, 1.54) is 0 Å². The molecule has 0 unspecified atom stereocenters. The minimum absolute atomic E-state index is 0.142. The van der Waals surface area contributed by atoms with Crippen LogP contribution in [0.4, 0.5) is 0 Å². The number of esters is 1. The van der Waals surface area contributed by atoms with Crippen LogP contribution >= 0.6 is 0 Å². The van der Waals surface area contributed by atoms with Crippen LogP contribution in [0.3, 0.4) is 0 Å². The Hall–Kier alpha value is -1.84. The van der Waals surface area contributed by atoms with E-state index in [1.807, 2.05) is 32.9 Å². The van der Waals surface area contributed by atoms with Crippen molar-refractivity contribution in [1.29, 1.82) is 0 Å². The lowest BCUT2D eigenvalue weighted by Gasteiger charge is -2.21. The number of aryl methyl sites for hydroxylation is 2. The summed E-state index contributed by atoms with van der Waals surface area (Å²) in [6.45, 7) is 10.8. The smallest absolute Gasteiger partial charge is 0.319 e. The quantitative estimate of drug-likeness (QED) is 0.597. The van der Waals surface area contributed by atoms with E-state index in [0.29, 0.717) is 5.75 Å². The summed E-state index contributed by atoms with van der Waals surface area (Å²) >= 11 is 0. The average Bonchev–Trinajstić information content (AvgIpc) is 2.43. The van der Waals surface area contributed by atoms with E-state index in [0.717, 1.165) is 16.7 Å². The number of benzene rings is 1. The topological polar surface area (TPSA) is 52.6 Å². The molecule has 0 saturated carbocycles. The fourth-order valence-corrected chi connectivity index (χ4v) is 1.89. The highest BCUT2D eigenvalue weighted by atomic mass is 16.5. The van der Waals surface area contributed by atoms with Gasteiger partial charge in [-0.15, -0.1) is 0 Å². The third-order valence-electron chi connectivity index (χ3n) is 3.70. The van der Waals surface area contributed by atoms with Crippen LogP contribution < -0.4 is 4.74 Å². The van der Waals surface area contributed by atoms with E-state index < -0.39 is 11.4 Å². The van der Waals surface area contributed by atoms with Crippen LogP contribution in [0, 0.1) is 26.2 Å². The Kier molecular flexibility index (Phi) is 5.53. The van der Waals surface area contributed by atoms with Crippen LogP contribution in [0.5, 0.6) is 5.75 Å². The molecule has 0 atom stereocenters. The van der Waals surface area contributed by atoms with Crippen molar-refractivity contribution in [3.05, 3.63) is 28.8 Å². The van der Waals surface area contributed by atoms with Gasteiger partial charge >= 0.3 is 5.97 Å². The molecule has 0 bridgehead atoms. The average molecular weight is 292 g/mol. The fraction of sp³-hybridized carbons (Fsp3) is 0.529. The molecule has 0 N–H and O–H groups in total. The Labute approximate surface area is 126 Å². The van der Waals surface area contributed by atoms with Crippen LogP contribution in [0.1, 0.15) is 37.5 Å². The van der Waals surface area contributed by atoms with E-state index in [2.05, 4.69) is 0 Å². The molecule has 0 spiro atoms. The number of hydrogen-bond acceptors (Lipinski definition) is 4. The zero-order valence-electron chi connectivity index (χ0n) is 13.7. The summed E-state index contributed by atoms with van der Waals surface area (Å²) in [5, 5.41) is 0. The summed E-state index contributed by atoms with van der Waals surface area (Å²) in [6.07, 6.45) is 0. The molecule has 0 aliphatic carbocycles. The van der Waals surface area contributed by atoms with Gasteiger partial charge < -0.3 is 9.47 Å². The Morgan fingerprint density at radius 2 is 1.67 bits per heavy atom. The van der Waals surface area contributed by atoms with Gasteiger partial charge in [0.25, 0.3) is 0 Å². The SMILES string of the molecule is CCOC(=O)C(C)(C)C(=O)COc1c(C)ccc(C)c1C. The van der Waals surface area contributed by atoms with Crippen LogP contribution in [0.2, 0.25) is 0 Å². The molecular formula is C17H24O4. The van der Waals surface area contributed by atoms with Crippen molar-refractivity contribution in [1.82, 2.24) is 0 Å². The molecule has 0 fully saturated rings. The lowest BCUT2D eigenvalue weighted by atomic mass is 9.88. The molecule has 116 valence electrons. The Morgan fingerprint density at radius 1 is 1.10 bits per heavy atom. The zero-order valence-corrected chi connectivity index (χ0v) is 13.7. The summed E-state index contributed by atoms with van der Waals surface area (Å²) in [6, 6.07) is 3.97. The highest BCUT2D eigenvalue weighted by Gasteiger charge is 2.37. The maximum absolute atomic E-state index is 12.2. The number of rotatable bonds is 6. The van der Waals surface area contributed by atoms with Crippen LogP contribution in [-0.2, 0) is 14.3 Å². The third kappa shape index (κ3) is 3.84. The second-order valence-electron chi connectivity index (χ2n) is 5.71. The van der Waals surface area contributed by atoms with Gasteiger partial charge in [-0.25, -0.2) is 0 Å². The molecule has 1 rings (SSSR count). The van der Waals surface area contributed by atoms with Gasteiger partial charge in [0.15, 0.2) is 5.78 Å². The maximum Gasteiger partial charge on any atom is 0.319 e. The molecule has 1 aromatic rings. The minimum Gasteiger partial charge on any atom is -0.485 e. The fourth-order valence-electron chi connectivity index (χ4n) is 1.89. The molecule has 0 aliphatic heterocycles. The molecule has 4 heteroatoms. The van der Waals surface area contributed by atoms with Crippen molar-refractivity contribution in [2.45, 2.75) is 41.5 Å². The normalized spacial score (nSPS) is 11.1. The van der Waals surface area contributed by atoms with E-state index in [9.17, 15) is 9.59 Å². The molecule has 1 aromatic carbocycles. The Morgan fingerprint density at radius 3 is 2.24 bits per heavy atom. The molecule has 4 nitrogen and oxygen atoms in total. The van der Waals surface area contributed by atoms with Crippen LogP contribution in [-0.4, -0.2) is 25.0 Å². The number of carbonyl (C=O) groups excluding carboxylic acids is 2. The highest BCUT2D eigenvalue weighted by Crippen LogP contribution is 2.27. The standard InChI is InChI=1S/C17H24O4/c1-7-20-16(19)17(5,6)14(18)10-21-15-12(3)9-8-11(2)13(15)4/h8-9H,7,10H2,1-6H3. The van der Waals surface area contributed by atoms with E-state index in [1.54, 1.807) is 20.8 Å².